The van der Waals surface area contributed by atoms with Crippen molar-refractivity contribution in [2.24, 2.45) is 0 Å². The van der Waals surface area contributed by atoms with Crippen LogP contribution in [0.1, 0.15) is 58.2 Å². The normalized spacial score (nSPS) is 11.0. The first kappa shape index (κ1) is 18.8. The van der Waals surface area contributed by atoms with Crippen molar-refractivity contribution in [2.45, 2.75) is 47.1 Å². The average molecular weight is 362 g/mol. The number of nitrogens with one attached hydrogen (secondary N) is 1. The fourth-order valence-electron chi connectivity index (χ4n) is 2.89. The van der Waals surface area contributed by atoms with E-state index in [4.69, 9.17) is 0 Å². The maximum atomic E-state index is 12.4. The Morgan fingerprint density at radius 3 is 2.30 bits per heavy atom. The quantitative estimate of drug-likeness (QED) is 0.738. The van der Waals surface area contributed by atoms with Crippen LogP contribution in [0.15, 0.2) is 42.6 Å². The van der Waals surface area contributed by atoms with Crippen molar-refractivity contribution in [3.63, 3.8) is 0 Å². The zero-order valence-electron chi connectivity index (χ0n) is 16.6. The number of aryl methyl sites for hydroxylation is 1. The highest BCUT2D eigenvalue weighted by Gasteiger charge is 2.11. The van der Waals surface area contributed by atoms with Gasteiger partial charge in [0.25, 0.3) is 5.91 Å². The van der Waals surface area contributed by atoms with Crippen LogP contribution < -0.4 is 5.32 Å². The third kappa shape index (κ3) is 4.08. The predicted octanol–water partition coefficient (Wildman–Crippen LogP) is 4.25. The number of carbonyl (C=O) groups excluding carboxylic acids is 1. The predicted molar refractivity (Wildman–Crippen MR) is 107 cm³/mol. The van der Waals surface area contributed by atoms with Crippen LogP contribution in [-0.2, 0) is 6.54 Å². The maximum absolute atomic E-state index is 12.4. The first-order valence-electron chi connectivity index (χ1n) is 9.23. The highest BCUT2D eigenvalue weighted by atomic mass is 16.1. The van der Waals surface area contributed by atoms with E-state index in [0.717, 1.165) is 22.5 Å². The van der Waals surface area contributed by atoms with E-state index in [1.165, 1.54) is 5.56 Å². The molecule has 3 aromatic rings. The summed E-state index contributed by atoms with van der Waals surface area (Å²) in [5.74, 6) is 1.08. The Labute approximate surface area is 160 Å². The molecule has 0 saturated heterocycles. The second kappa shape index (κ2) is 7.74. The van der Waals surface area contributed by atoms with Gasteiger partial charge in [0, 0.05) is 18.4 Å². The molecule has 0 aliphatic carbocycles. The number of aromatic nitrogens is 3. The molecule has 0 unspecified atom stereocenters. The average Bonchev–Trinajstić information content (AvgIpc) is 2.94. The Hall–Kier alpha value is -2.95. The molecule has 0 spiro atoms. The number of hydrogen-bond acceptors (Lipinski definition) is 3. The molecule has 1 aromatic carbocycles. The van der Waals surface area contributed by atoms with Crippen molar-refractivity contribution < 1.29 is 4.79 Å². The number of benzene rings is 1. The number of amides is 1. The molecule has 2 heterocycles. The van der Waals surface area contributed by atoms with Gasteiger partial charge in [0.15, 0.2) is 5.82 Å². The Balaban J connectivity index is 1.66. The van der Waals surface area contributed by atoms with E-state index in [9.17, 15) is 4.79 Å². The van der Waals surface area contributed by atoms with Gasteiger partial charge in [-0.2, -0.15) is 5.10 Å². The summed E-state index contributed by atoms with van der Waals surface area (Å²) in [6.07, 6.45) is 1.60. The van der Waals surface area contributed by atoms with Gasteiger partial charge in [-0.15, -0.1) is 0 Å². The van der Waals surface area contributed by atoms with E-state index in [1.54, 1.807) is 12.3 Å². The zero-order chi connectivity index (χ0) is 19.6. The van der Waals surface area contributed by atoms with Crippen LogP contribution in [0.4, 0.5) is 0 Å². The lowest BCUT2D eigenvalue weighted by molar-refractivity contribution is 0.0950. The molecule has 0 radical (unpaired) electrons. The van der Waals surface area contributed by atoms with Gasteiger partial charge in [0.1, 0.15) is 0 Å². The van der Waals surface area contributed by atoms with Gasteiger partial charge < -0.3 is 5.32 Å². The van der Waals surface area contributed by atoms with E-state index in [2.05, 4.69) is 53.5 Å². The fourth-order valence-corrected chi connectivity index (χ4v) is 2.89. The molecule has 5 nitrogen and oxygen atoms in total. The molecule has 0 bridgehead atoms. The first-order valence-corrected chi connectivity index (χ1v) is 9.23. The van der Waals surface area contributed by atoms with Crippen molar-refractivity contribution in [2.75, 3.05) is 0 Å². The maximum Gasteiger partial charge on any atom is 0.253 e. The van der Waals surface area contributed by atoms with Gasteiger partial charge in [0.05, 0.1) is 11.3 Å². The minimum absolute atomic E-state index is 0.133. The summed E-state index contributed by atoms with van der Waals surface area (Å²) in [5.41, 5.74) is 6.11. The van der Waals surface area contributed by atoms with E-state index >= 15 is 0 Å². The summed E-state index contributed by atoms with van der Waals surface area (Å²) in [6, 6.07) is 11.9. The first-order chi connectivity index (χ1) is 12.9. The summed E-state index contributed by atoms with van der Waals surface area (Å²) >= 11 is 0. The lowest BCUT2D eigenvalue weighted by Gasteiger charge is -2.09. The highest BCUT2D eigenvalue weighted by Crippen LogP contribution is 2.16. The fraction of sp³-hybridized carbons (Fsp3) is 0.318. The Morgan fingerprint density at radius 2 is 1.78 bits per heavy atom. The molecule has 0 saturated carbocycles. The molecular formula is C22H26N4O. The van der Waals surface area contributed by atoms with E-state index in [1.807, 2.05) is 31.5 Å². The molecule has 5 heteroatoms. The minimum Gasteiger partial charge on any atom is -0.348 e. The van der Waals surface area contributed by atoms with Crippen LogP contribution in [-0.4, -0.2) is 20.7 Å². The number of pyridine rings is 1. The summed E-state index contributed by atoms with van der Waals surface area (Å²) in [7, 11) is 0. The second-order valence-corrected chi connectivity index (χ2v) is 7.19. The van der Waals surface area contributed by atoms with Crippen LogP contribution in [0.3, 0.4) is 0 Å². The molecule has 2 aromatic heterocycles. The van der Waals surface area contributed by atoms with Crippen LogP contribution in [0.5, 0.6) is 0 Å². The summed E-state index contributed by atoms with van der Waals surface area (Å²) < 4.78 is 1.81. The highest BCUT2D eigenvalue weighted by molar-refractivity contribution is 5.93. The number of rotatable bonds is 5. The third-order valence-electron chi connectivity index (χ3n) is 4.98. The van der Waals surface area contributed by atoms with Crippen molar-refractivity contribution in [1.29, 1.82) is 0 Å². The zero-order valence-corrected chi connectivity index (χ0v) is 16.6. The van der Waals surface area contributed by atoms with Crippen LogP contribution in [0, 0.1) is 20.8 Å². The molecule has 0 aliphatic rings. The Kier molecular flexibility index (Phi) is 5.40. The molecule has 0 aliphatic heterocycles. The standard InChI is InChI=1S/C22H26N4O/c1-14(2)19-8-6-18(7-9-19)12-24-22(27)20-10-11-21(23-13-20)26-17(5)15(3)16(4)25-26/h6-11,13-14H,12H2,1-5H3,(H,24,27). The number of carbonyl (C=O) groups is 1. The van der Waals surface area contributed by atoms with Gasteiger partial charge in [-0.25, -0.2) is 9.67 Å². The van der Waals surface area contributed by atoms with Crippen molar-refractivity contribution >= 4 is 5.91 Å². The molecule has 3 rings (SSSR count). The minimum atomic E-state index is -0.133. The molecule has 0 fully saturated rings. The summed E-state index contributed by atoms with van der Waals surface area (Å²) in [6.45, 7) is 10.9. The monoisotopic (exact) mass is 362 g/mol. The molecule has 1 amide bonds. The van der Waals surface area contributed by atoms with Gasteiger partial charge in [0.2, 0.25) is 0 Å². The molecule has 140 valence electrons. The Bertz CT molecular complexity index is 938. The second-order valence-electron chi connectivity index (χ2n) is 7.19. The van der Waals surface area contributed by atoms with Gasteiger partial charge in [-0.05, 0) is 55.5 Å². The summed E-state index contributed by atoms with van der Waals surface area (Å²) in [4.78, 5) is 16.8. The topological polar surface area (TPSA) is 59.8 Å². The van der Waals surface area contributed by atoms with E-state index in [-0.39, 0.29) is 5.91 Å². The van der Waals surface area contributed by atoms with E-state index < -0.39 is 0 Å². The van der Waals surface area contributed by atoms with Crippen LogP contribution in [0.2, 0.25) is 0 Å². The van der Waals surface area contributed by atoms with Gasteiger partial charge in [-0.3, -0.25) is 4.79 Å². The van der Waals surface area contributed by atoms with Crippen LogP contribution in [0.25, 0.3) is 5.82 Å². The van der Waals surface area contributed by atoms with Crippen LogP contribution >= 0.6 is 0 Å². The number of hydrogen-bond donors (Lipinski definition) is 1. The van der Waals surface area contributed by atoms with Gasteiger partial charge in [-0.1, -0.05) is 38.1 Å². The van der Waals surface area contributed by atoms with E-state index in [0.29, 0.717) is 23.8 Å². The molecular weight excluding hydrogens is 336 g/mol. The lowest BCUT2D eigenvalue weighted by atomic mass is 10.0. The number of nitrogens with zero attached hydrogens (tertiary/aromatic N) is 3. The van der Waals surface area contributed by atoms with Crippen molar-refractivity contribution in [3.8, 4) is 5.82 Å². The molecule has 1 N–H and O–H groups in total. The largest absolute Gasteiger partial charge is 0.348 e. The van der Waals surface area contributed by atoms with Crippen molar-refractivity contribution in [1.82, 2.24) is 20.1 Å². The molecule has 27 heavy (non-hydrogen) atoms. The van der Waals surface area contributed by atoms with Crippen molar-refractivity contribution in [3.05, 3.63) is 76.2 Å². The van der Waals surface area contributed by atoms with Gasteiger partial charge >= 0.3 is 0 Å². The Morgan fingerprint density at radius 1 is 1.07 bits per heavy atom. The smallest absolute Gasteiger partial charge is 0.253 e. The summed E-state index contributed by atoms with van der Waals surface area (Å²) in [5, 5.41) is 7.45. The SMILES string of the molecule is Cc1nn(-c2ccc(C(=O)NCc3ccc(C(C)C)cc3)cn2)c(C)c1C. The lowest BCUT2D eigenvalue weighted by Crippen LogP contribution is -2.23. The third-order valence-corrected chi connectivity index (χ3v) is 4.98. The molecule has 0 atom stereocenters.